The predicted molar refractivity (Wildman–Crippen MR) is 255 cm³/mol. The van der Waals surface area contributed by atoms with Crippen molar-refractivity contribution in [3.8, 4) is 39.1 Å². The number of fused-ring (bicyclic) bond motifs is 9. The highest BCUT2D eigenvalue weighted by atomic mass is 15.2. The van der Waals surface area contributed by atoms with Crippen LogP contribution in [0, 0.1) is 0 Å². The van der Waals surface area contributed by atoms with Crippen LogP contribution in [0.1, 0.15) is 76.3 Å². The fourth-order valence-corrected chi connectivity index (χ4v) is 11.0. The Kier molecular flexibility index (Phi) is 7.85. The first-order valence-electron chi connectivity index (χ1n) is 21.5. The first kappa shape index (κ1) is 36.4. The van der Waals surface area contributed by atoms with E-state index >= 15 is 0 Å². The topological polar surface area (TPSA) is 8.17 Å². The molecule has 2 nitrogen and oxygen atoms in total. The molecular formula is C58H50N2. The molecule has 0 spiro atoms. The molecule has 0 unspecified atom stereocenters. The maximum absolute atomic E-state index is 2.64. The fourth-order valence-electron chi connectivity index (χ4n) is 11.0. The summed E-state index contributed by atoms with van der Waals surface area (Å²) in [4.78, 5) is 2.64. The summed E-state index contributed by atoms with van der Waals surface area (Å²) in [5.74, 6) is 0. The van der Waals surface area contributed by atoms with E-state index < -0.39 is 0 Å². The first-order valence-corrected chi connectivity index (χ1v) is 21.5. The molecule has 2 heteroatoms. The third-order valence-corrected chi connectivity index (χ3v) is 13.6. The molecule has 0 bridgehead atoms. The molecule has 11 rings (SSSR count). The Hall–Kier alpha value is -6.64. The molecule has 1 heterocycles. The largest absolute Gasteiger partial charge is 0.310 e. The lowest BCUT2D eigenvalue weighted by Crippen LogP contribution is -2.27. The molecule has 0 N–H and O–H groups in total. The van der Waals surface area contributed by atoms with Crippen molar-refractivity contribution in [1.82, 2.24) is 4.57 Å². The normalized spacial score (nSPS) is 14.5. The number of nitrogens with zero attached hydrogens (tertiary/aromatic N) is 2. The van der Waals surface area contributed by atoms with Gasteiger partial charge in [0.2, 0.25) is 0 Å². The van der Waals surface area contributed by atoms with Gasteiger partial charge in [0.15, 0.2) is 0 Å². The summed E-state index contributed by atoms with van der Waals surface area (Å²) in [6.45, 7) is 17.1. The Labute approximate surface area is 354 Å². The summed E-state index contributed by atoms with van der Waals surface area (Å²) >= 11 is 0. The zero-order valence-corrected chi connectivity index (χ0v) is 35.6. The van der Waals surface area contributed by atoms with Gasteiger partial charge in [-0.2, -0.15) is 0 Å². The Bertz CT molecular complexity index is 3090. The zero-order chi connectivity index (χ0) is 41.1. The van der Waals surface area contributed by atoms with Crippen molar-refractivity contribution < 1.29 is 0 Å². The molecule has 2 aliphatic carbocycles. The van der Waals surface area contributed by atoms with Crippen LogP contribution in [0.15, 0.2) is 176 Å². The second-order valence-corrected chi connectivity index (χ2v) is 19.0. The summed E-state index contributed by atoms with van der Waals surface area (Å²) in [5, 5.41) is 2.48. The maximum Gasteiger partial charge on any atom is 0.0556 e. The average Bonchev–Trinajstić information content (AvgIpc) is 3.81. The van der Waals surface area contributed by atoms with Crippen LogP contribution in [0.4, 0.5) is 17.1 Å². The standard InChI is InChI=1S/C58H50N2/c1-56(2,3)52-50-43-28-14-17-30-46(43)57(4,5)53(50)55(54-51(52)44-29-15-18-31-47(44)58(54,6)7)59(40-26-20-23-38(35-40)37-21-10-8-11-22-37)41-33-34-49-45(36-41)42-27-16-19-32-48(42)60(49)39-24-12-9-13-25-39/h8-36H,1-7H3. The highest BCUT2D eigenvalue weighted by Crippen LogP contribution is 2.65. The van der Waals surface area contributed by atoms with Crippen molar-refractivity contribution in [2.75, 3.05) is 4.90 Å². The third kappa shape index (κ3) is 5.13. The minimum atomic E-state index is -0.288. The van der Waals surface area contributed by atoms with Gasteiger partial charge in [0.05, 0.1) is 16.7 Å². The lowest BCUT2D eigenvalue weighted by atomic mass is 9.70. The first-order chi connectivity index (χ1) is 29.0. The fraction of sp³-hybridized carbons (Fsp3) is 0.172. The van der Waals surface area contributed by atoms with Crippen LogP contribution in [0.25, 0.3) is 60.9 Å². The lowest BCUT2D eigenvalue weighted by molar-refractivity contribution is 0.587. The van der Waals surface area contributed by atoms with Crippen LogP contribution in [0.2, 0.25) is 0 Å². The molecule has 0 aliphatic heterocycles. The Morgan fingerprint density at radius 3 is 1.60 bits per heavy atom. The number of aromatic nitrogens is 1. The summed E-state index contributed by atoms with van der Waals surface area (Å²) in [6, 6.07) is 65.4. The summed E-state index contributed by atoms with van der Waals surface area (Å²) in [7, 11) is 0. The van der Waals surface area contributed by atoms with Crippen LogP contribution in [-0.2, 0) is 16.2 Å². The number of hydrogen-bond donors (Lipinski definition) is 0. The number of rotatable bonds is 5. The van der Waals surface area contributed by atoms with Gasteiger partial charge in [-0.25, -0.2) is 0 Å². The van der Waals surface area contributed by atoms with Crippen molar-refractivity contribution in [2.45, 2.75) is 64.7 Å². The van der Waals surface area contributed by atoms with Gasteiger partial charge in [-0.15, -0.1) is 0 Å². The summed E-state index contributed by atoms with van der Waals surface area (Å²) in [5.41, 5.74) is 21.4. The molecular weight excluding hydrogens is 725 g/mol. The molecule has 1 aromatic heterocycles. The molecule has 8 aromatic carbocycles. The molecule has 2 aliphatic rings. The van der Waals surface area contributed by atoms with Crippen LogP contribution in [0.3, 0.4) is 0 Å². The molecule has 0 atom stereocenters. The van der Waals surface area contributed by atoms with E-state index in [-0.39, 0.29) is 16.2 Å². The van der Waals surface area contributed by atoms with Gasteiger partial charge in [0, 0.05) is 38.7 Å². The number of anilines is 3. The molecule has 0 radical (unpaired) electrons. The van der Waals surface area contributed by atoms with Gasteiger partial charge < -0.3 is 9.47 Å². The number of benzene rings is 8. The van der Waals surface area contributed by atoms with E-state index in [1.807, 2.05) is 0 Å². The molecule has 0 saturated carbocycles. The third-order valence-electron chi connectivity index (χ3n) is 13.6. The SMILES string of the molecule is CC(C)(C)c1c2c(c(N(c3cccc(-c4ccccc4)c3)c3ccc4c(c3)c3ccccc3n4-c3ccccc3)c3c1-c1ccccc1C3(C)C)C(C)(C)c1ccccc1-2. The van der Waals surface area contributed by atoms with Crippen LogP contribution in [-0.4, -0.2) is 4.57 Å². The van der Waals surface area contributed by atoms with E-state index in [0.29, 0.717) is 0 Å². The minimum Gasteiger partial charge on any atom is -0.310 e. The van der Waals surface area contributed by atoms with Crippen molar-refractivity contribution in [1.29, 1.82) is 0 Å². The summed E-state index contributed by atoms with van der Waals surface area (Å²) in [6.07, 6.45) is 0. The molecule has 9 aromatic rings. The zero-order valence-electron chi connectivity index (χ0n) is 35.6. The van der Waals surface area contributed by atoms with Crippen molar-refractivity contribution in [3.05, 3.63) is 204 Å². The van der Waals surface area contributed by atoms with E-state index in [0.717, 1.165) is 17.1 Å². The van der Waals surface area contributed by atoms with Gasteiger partial charge in [-0.05, 0) is 115 Å². The number of hydrogen-bond acceptors (Lipinski definition) is 1. The predicted octanol–water partition coefficient (Wildman–Crippen LogP) is 15.8. The van der Waals surface area contributed by atoms with E-state index in [2.05, 4.69) is 234 Å². The molecule has 0 amide bonds. The highest BCUT2D eigenvalue weighted by molar-refractivity contribution is 6.11. The van der Waals surface area contributed by atoms with Gasteiger partial charge >= 0.3 is 0 Å². The van der Waals surface area contributed by atoms with E-state index in [9.17, 15) is 0 Å². The van der Waals surface area contributed by atoms with E-state index in [1.54, 1.807) is 0 Å². The van der Waals surface area contributed by atoms with Crippen molar-refractivity contribution in [2.24, 2.45) is 0 Å². The van der Waals surface area contributed by atoms with Gasteiger partial charge in [-0.3, -0.25) is 0 Å². The maximum atomic E-state index is 2.64. The Morgan fingerprint density at radius 1 is 0.450 bits per heavy atom. The van der Waals surface area contributed by atoms with Crippen LogP contribution < -0.4 is 4.90 Å². The summed E-state index contributed by atoms with van der Waals surface area (Å²) < 4.78 is 2.42. The van der Waals surface area contributed by atoms with Crippen molar-refractivity contribution in [3.63, 3.8) is 0 Å². The molecule has 60 heavy (non-hydrogen) atoms. The minimum absolute atomic E-state index is 0.135. The Balaban J connectivity index is 1.32. The second-order valence-electron chi connectivity index (χ2n) is 19.0. The van der Waals surface area contributed by atoms with Gasteiger partial charge in [0.25, 0.3) is 0 Å². The lowest BCUT2D eigenvalue weighted by Gasteiger charge is -2.39. The highest BCUT2D eigenvalue weighted by Gasteiger charge is 2.50. The van der Waals surface area contributed by atoms with Gasteiger partial charge in [0.1, 0.15) is 0 Å². The quantitative estimate of drug-likeness (QED) is 0.169. The number of para-hydroxylation sites is 2. The van der Waals surface area contributed by atoms with E-state index in [1.165, 1.54) is 88.7 Å². The van der Waals surface area contributed by atoms with E-state index in [4.69, 9.17) is 0 Å². The van der Waals surface area contributed by atoms with Crippen molar-refractivity contribution >= 4 is 38.9 Å². The molecule has 292 valence electrons. The monoisotopic (exact) mass is 774 g/mol. The smallest absolute Gasteiger partial charge is 0.0556 e. The van der Waals surface area contributed by atoms with Crippen LogP contribution in [0.5, 0.6) is 0 Å². The average molecular weight is 775 g/mol. The van der Waals surface area contributed by atoms with Gasteiger partial charge in [-0.1, -0.05) is 176 Å². The molecule has 0 fully saturated rings. The van der Waals surface area contributed by atoms with Crippen LogP contribution >= 0.6 is 0 Å². The second kappa shape index (κ2) is 12.9. The Morgan fingerprint density at radius 2 is 0.967 bits per heavy atom. The molecule has 0 saturated heterocycles.